The molecule has 1 aliphatic rings. The molecule has 21 heavy (non-hydrogen) atoms. The third-order valence-corrected chi connectivity index (χ3v) is 3.96. The normalized spacial score (nSPS) is 15.5. The summed E-state index contributed by atoms with van der Waals surface area (Å²) < 4.78 is 0. The smallest absolute Gasteiger partial charge is 0.134 e. The van der Waals surface area contributed by atoms with Gasteiger partial charge in [-0.05, 0) is 30.0 Å². The van der Waals surface area contributed by atoms with Crippen molar-refractivity contribution < 1.29 is 5.11 Å². The van der Waals surface area contributed by atoms with Crippen molar-refractivity contribution in [2.24, 2.45) is 0 Å². The van der Waals surface area contributed by atoms with Crippen LogP contribution >= 0.6 is 0 Å². The molecular formula is C16H20N4O. The maximum absolute atomic E-state index is 9.68. The first kappa shape index (κ1) is 13.8. The lowest BCUT2D eigenvalue weighted by atomic mass is 9.96. The van der Waals surface area contributed by atoms with Crippen LogP contribution < -0.4 is 10.2 Å². The van der Waals surface area contributed by atoms with Crippen molar-refractivity contribution in [1.82, 2.24) is 9.97 Å². The van der Waals surface area contributed by atoms with Crippen molar-refractivity contribution >= 4 is 11.6 Å². The van der Waals surface area contributed by atoms with Crippen molar-refractivity contribution in [3.63, 3.8) is 0 Å². The highest BCUT2D eigenvalue weighted by molar-refractivity contribution is 5.50. The molecule has 0 bridgehead atoms. The van der Waals surface area contributed by atoms with E-state index >= 15 is 0 Å². The third kappa shape index (κ3) is 2.83. The minimum atomic E-state index is -0.409. The van der Waals surface area contributed by atoms with Gasteiger partial charge in [-0.15, -0.1) is 0 Å². The van der Waals surface area contributed by atoms with Gasteiger partial charge in [-0.3, -0.25) is 0 Å². The van der Waals surface area contributed by atoms with Crippen molar-refractivity contribution in [3.05, 3.63) is 47.3 Å². The SMILES string of the molecule is CNc1cc(N2CCc3cc([C@H](C)O)ccc3C2)ncn1. The second-order valence-electron chi connectivity index (χ2n) is 5.39. The summed E-state index contributed by atoms with van der Waals surface area (Å²) in [6.45, 7) is 3.57. The Morgan fingerprint density at radius 1 is 1.24 bits per heavy atom. The van der Waals surface area contributed by atoms with Gasteiger partial charge in [-0.25, -0.2) is 9.97 Å². The zero-order chi connectivity index (χ0) is 14.8. The minimum Gasteiger partial charge on any atom is -0.389 e. The Hall–Kier alpha value is -2.14. The molecule has 0 amide bonds. The molecular weight excluding hydrogens is 264 g/mol. The summed E-state index contributed by atoms with van der Waals surface area (Å²) in [6, 6.07) is 8.21. The number of nitrogens with zero attached hydrogens (tertiary/aromatic N) is 3. The van der Waals surface area contributed by atoms with Crippen molar-refractivity contribution in [1.29, 1.82) is 0 Å². The van der Waals surface area contributed by atoms with Gasteiger partial charge in [0.2, 0.25) is 0 Å². The van der Waals surface area contributed by atoms with Crippen LogP contribution in [0.2, 0.25) is 0 Å². The number of hydrogen-bond donors (Lipinski definition) is 2. The monoisotopic (exact) mass is 284 g/mol. The number of nitrogens with one attached hydrogen (secondary N) is 1. The molecule has 2 N–H and O–H groups in total. The predicted octanol–water partition coefficient (Wildman–Crippen LogP) is 2.13. The first-order chi connectivity index (χ1) is 10.2. The highest BCUT2D eigenvalue weighted by Gasteiger charge is 2.18. The van der Waals surface area contributed by atoms with E-state index in [2.05, 4.69) is 32.3 Å². The second-order valence-corrected chi connectivity index (χ2v) is 5.39. The summed E-state index contributed by atoms with van der Waals surface area (Å²) in [5.41, 5.74) is 3.62. The van der Waals surface area contributed by atoms with Crippen LogP contribution in [0.1, 0.15) is 29.7 Å². The van der Waals surface area contributed by atoms with E-state index in [0.29, 0.717) is 0 Å². The summed E-state index contributed by atoms with van der Waals surface area (Å²) in [7, 11) is 1.86. The summed E-state index contributed by atoms with van der Waals surface area (Å²) >= 11 is 0. The second kappa shape index (κ2) is 5.69. The first-order valence-electron chi connectivity index (χ1n) is 7.22. The topological polar surface area (TPSA) is 61.3 Å². The molecule has 0 saturated carbocycles. The zero-order valence-corrected chi connectivity index (χ0v) is 12.4. The molecule has 5 nitrogen and oxygen atoms in total. The predicted molar refractivity (Wildman–Crippen MR) is 83.4 cm³/mol. The molecule has 110 valence electrons. The maximum Gasteiger partial charge on any atom is 0.134 e. The Morgan fingerprint density at radius 3 is 2.86 bits per heavy atom. The summed E-state index contributed by atoms with van der Waals surface area (Å²) in [5.74, 6) is 1.77. The number of anilines is 2. The fourth-order valence-electron chi connectivity index (χ4n) is 2.69. The van der Waals surface area contributed by atoms with Crippen LogP contribution in [0.3, 0.4) is 0 Å². The Balaban J connectivity index is 1.84. The Kier molecular flexibility index (Phi) is 3.75. The number of fused-ring (bicyclic) bond motifs is 1. The molecule has 0 radical (unpaired) electrons. The fourth-order valence-corrected chi connectivity index (χ4v) is 2.69. The first-order valence-corrected chi connectivity index (χ1v) is 7.22. The van der Waals surface area contributed by atoms with Gasteiger partial charge in [0.05, 0.1) is 6.10 Å². The summed E-state index contributed by atoms with van der Waals surface area (Å²) in [4.78, 5) is 10.8. The van der Waals surface area contributed by atoms with Crippen molar-refractivity contribution in [3.8, 4) is 0 Å². The number of rotatable bonds is 3. The van der Waals surface area contributed by atoms with Gasteiger partial charge in [0, 0.05) is 26.2 Å². The lowest BCUT2D eigenvalue weighted by Gasteiger charge is -2.30. The van der Waals surface area contributed by atoms with Gasteiger partial charge in [0.1, 0.15) is 18.0 Å². The number of aromatic nitrogens is 2. The standard InChI is InChI=1S/C16H20N4O/c1-11(21)12-3-4-14-9-20(6-5-13(14)7-12)16-8-15(17-2)18-10-19-16/h3-4,7-8,10-11,21H,5-6,9H2,1-2H3,(H,17,18,19)/t11-/m0/s1. The van der Waals surface area contributed by atoms with E-state index in [-0.39, 0.29) is 0 Å². The van der Waals surface area contributed by atoms with E-state index in [1.807, 2.05) is 19.2 Å². The number of aliphatic hydroxyl groups excluding tert-OH is 1. The highest BCUT2D eigenvalue weighted by atomic mass is 16.3. The Labute approximate surface area is 124 Å². The van der Waals surface area contributed by atoms with Gasteiger partial charge in [-0.2, -0.15) is 0 Å². The van der Waals surface area contributed by atoms with Crippen LogP contribution in [-0.4, -0.2) is 28.7 Å². The van der Waals surface area contributed by atoms with Gasteiger partial charge in [0.15, 0.2) is 0 Å². The van der Waals surface area contributed by atoms with Gasteiger partial charge < -0.3 is 15.3 Å². The van der Waals surface area contributed by atoms with E-state index in [4.69, 9.17) is 0 Å². The minimum absolute atomic E-state index is 0.409. The summed E-state index contributed by atoms with van der Waals surface area (Å²) in [5, 5.41) is 12.7. The van der Waals surface area contributed by atoms with Crippen LogP contribution in [0.25, 0.3) is 0 Å². The number of benzene rings is 1. The van der Waals surface area contributed by atoms with Crippen LogP contribution in [-0.2, 0) is 13.0 Å². The van der Waals surface area contributed by atoms with Gasteiger partial charge >= 0.3 is 0 Å². The molecule has 0 saturated heterocycles. The molecule has 0 unspecified atom stereocenters. The van der Waals surface area contributed by atoms with Crippen molar-refractivity contribution in [2.75, 3.05) is 23.8 Å². The lowest BCUT2D eigenvalue weighted by molar-refractivity contribution is 0.199. The molecule has 3 rings (SSSR count). The van der Waals surface area contributed by atoms with E-state index in [1.165, 1.54) is 11.1 Å². The Bertz CT molecular complexity index is 642. The average Bonchev–Trinajstić information content (AvgIpc) is 2.53. The fraction of sp³-hybridized carbons (Fsp3) is 0.375. The molecule has 5 heteroatoms. The highest BCUT2D eigenvalue weighted by Crippen LogP contribution is 2.26. The zero-order valence-electron chi connectivity index (χ0n) is 12.4. The lowest BCUT2D eigenvalue weighted by Crippen LogP contribution is -2.31. The molecule has 1 atom stereocenters. The number of hydrogen-bond acceptors (Lipinski definition) is 5. The number of aliphatic hydroxyl groups is 1. The van der Waals surface area contributed by atoms with E-state index < -0.39 is 6.10 Å². The van der Waals surface area contributed by atoms with Crippen LogP contribution in [0.4, 0.5) is 11.6 Å². The van der Waals surface area contributed by atoms with Gasteiger partial charge in [-0.1, -0.05) is 18.2 Å². The third-order valence-electron chi connectivity index (χ3n) is 3.96. The van der Waals surface area contributed by atoms with Crippen LogP contribution in [0.15, 0.2) is 30.6 Å². The average molecular weight is 284 g/mol. The van der Waals surface area contributed by atoms with E-state index in [9.17, 15) is 5.11 Å². The largest absolute Gasteiger partial charge is 0.389 e. The molecule has 1 aromatic heterocycles. The van der Waals surface area contributed by atoms with Crippen LogP contribution in [0.5, 0.6) is 0 Å². The van der Waals surface area contributed by atoms with Crippen molar-refractivity contribution in [2.45, 2.75) is 26.0 Å². The summed E-state index contributed by atoms with van der Waals surface area (Å²) in [6.07, 6.45) is 2.15. The van der Waals surface area contributed by atoms with Crippen LogP contribution in [0, 0.1) is 0 Å². The molecule has 2 aromatic rings. The molecule has 1 aromatic carbocycles. The van der Waals surface area contributed by atoms with E-state index in [0.717, 1.165) is 36.7 Å². The quantitative estimate of drug-likeness (QED) is 0.904. The van der Waals surface area contributed by atoms with Gasteiger partial charge in [0.25, 0.3) is 0 Å². The molecule has 0 aliphatic carbocycles. The molecule has 1 aliphatic heterocycles. The maximum atomic E-state index is 9.68. The molecule has 0 fully saturated rings. The Morgan fingerprint density at radius 2 is 2.10 bits per heavy atom. The van der Waals surface area contributed by atoms with E-state index in [1.54, 1.807) is 13.3 Å². The molecule has 0 spiro atoms. The molecule has 2 heterocycles.